The normalized spacial score (nSPS) is 11.5. The third-order valence-corrected chi connectivity index (χ3v) is 6.22. The summed E-state index contributed by atoms with van der Waals surface area (Å²) in [5.74, 6) is -0.0772. The molecule has 6 heteroatoms. The Morgan fingerprint density at radius 1 is 0.946 bits per heavy atom. The van der Waals surface area contributed by atoms with E-state index >= 15 is 0 Å². The number of amides is 2. The van der Waals surface area contributed by atoms with Gasteiger partial charge in [0.25, 0.3) is 0 Å². The highest BCUT2D eigenvalue weighted by Crippen LogP contribution is 2.19. The average Bonchev–Trinajstić information content (AvgIpc) is 2.91. The Labute approximate surface area is 219 Å². The molecule has 0 spiro atoms. The van der Waals surface area contributed by atoms with E-state index in [0.29, 0.717) is 31.6 Å². The summed E-state index contributed by atoms with van der Waals surface area (Å²) in [4.78, 5) is 28.4. The van der Waals surface area contributed by atoms with Crippen molar-refractivity contribution in [2.75, 3.05) is 13.2 Å². The fraction of sp³-hybridized carbons (Fsp3) is 0.355. The SMILES string of the molecule is CCCCNC(=O)C(Cc1ccccc1)N(Cc1ccccc1F)C(=O)CCCOc1ccc(C)cc1. The number of nitrogens with zero attached hydrogens (tertiary/aromatic N) is 1. The monoisotopic (exact) mass is 504 g/mol. The topological polar surface area (TPSA) is 58.6 Å². The van der Waals surface area contributed by atoms with Gasteiger partial charge >= 0.3 is 0 Å². The Morgan fingerprint density at radius 3 is 2.35 bits per heavy atom. The zero-order valence-corrected chi connectivity index (χ0v) is 21.8. The number of aryl methyl sites for hydroxylation is 1. The summed E-state index contributed by atoms with van der Waals surface area (Å²) in [6.45, 7) is 4.99. The molecule has 0 aliphatic heterocycles. The molecule has 0 aromatic heterocycles. The first-order valence-electron chi connectivity index (χ1n) is 13.0. The van der Waals surface area contributed by atoms with Gasteiger partial charge in [-0.05, 0) is 43.5 Å². The number of rotatable bonds is 14. The van der Waals surface area contributed by atoms with Gasteiger partial charge in [0.1, 0.15) is 17.6 Å². The molecule has 0 aliphatic carbocycles. The van der Waals surface area contributed by atoms with E-state index < -0.39 is 11.9 Å². The van der Waals surface area contributed by atoms with Crippen LogP contribution in [0, 0.1) is 12.7 Å². The zero-order chi connectivity index (χ0) is 26.5. The summed E-state index contributed by atoms with van der Waals surface area (Å²) < 4.78 is 20.4. The summed E-state index contributed by atoms with van der Waals surface area (Å²) in [6.07, 6.45) is 2.81. The van der Waals surface area contributed by atoms with Crippen LogP contribution >= 0.6 is 0 Å². The maximum Gasteiger partial charge on any atom is 0.243 e. The number of carbonyl (C=O) groups excluding carboxylic acids is 2. The van der Waals surface area contributed by atoms with Gasteiger partial charge in [-0.25, -0.2) is 4.39 Å². The van der Waals surface area contributed by atoms with Crippen LogP contribution in [0.4, 0.5) is 4.39 Å². The van der Waals surface area contributed by atoms with Crippen LogP contribution in [0.25, 0.3) is 0 Å². The smallest absolute Gasteiger partial charge is 0.243 e. The minimum Gasteiger partial charge on any atom is -0.494 e. The Kier molecular flexibility index (Phi) is 11.2. The number of ether oxygens (including phenoxy) is 1. The van der Waals surface area contributed by atoms with Crippen LogP contribution in [0.3, 0.4) is 0 Å². The molecule has 2 amide bonds. The van der Waals surface area contributed by atoms with Crippen LogP contribution in [0.2, 0.25) is 0 Å². The molecule has 0 saturated carbocycles. The van der Waals surface area contributed by atoms with Crippen molar-refractivity contribution >= 4 is 11.8 Å². The molecule has 5 nitrogen and oxygen atoms in total. The predicted molar refractivity (Wildman–Crippen MR) is 145 cm³/mol. The molecule has 0 fully saturated rings. The van der Waals surface area contributed by atoms with Crippen molar-refractivity contribution in [1.29, 1.82) is 0 Å². The Hall–Kier alpha value is -3.67. The molecule has 196 valence electrons. The zero-order valence-electron chi connectivity index (χ0n) is 21.8. The molecular formula is C31H37FN2O3. The van der Waals surface area contributed by atoms with Crippen molar-refractivity contribution in [2.45, 2.75) is 58.5 Å². The number of hydrogen-bond donors (Lipinski definition) is 1. The van der Waals surface area contributed by atoms with Crippen LogP contribution in [-0.2, 0) is 22.6 Å². The van der Waals surface area contributed by atoms with E-state index in [1.807, 2.05) is 61.5 Å². The van der Waals surface area contributed by atoms with Gasteiger partial charge in [0.15, 0.2) is 0 Å². The van der Waals surface area contributed by atoms with Gasteiger partial charge in [-0.1, -0.05) is 79.6 Å². The second kappa shape index (κ2) is 14.8. The Balaban J connectivity index is 1.78. The van der Waals surface area contributed by atoms with E-state index in [4.69, 9.17) is 4.74 Å². The summed E-state index contributed by atoms with van der Waals surface area (Å²) in [7, 11) is 0. The number of halogens is 1. The number of nitrogens with one attached hydrogen (secondary N) is 1. The molecular weight excluding hydrogens is 467 g/mol. The van der Waals surface area contributed by atoms with E-state index in [0.717, 1.165) is 29.7 Å². The van der Waals surface area contributed by atoms with Crippen LogP contribution in [0.5, 0.6) is 5.75 Å². The van der Waals surface area contributed by atoms with Crippen molar-refractivity contribution in [3.05, 3.63) is 101 Å². The second-order valence-corrected chi connectivity index (χ2v) is 9.23. The van der Waals surface area contributed by atoms with Crippen molar-refractivity contribution in [2.24, 2.45) is 0 Å². The highest BCUT2D eigenvalue weighted by molar-refractivity contribution is 5.88. The molecule has 1 N–H and O–H groups in total. The van der Waals surface area contributed by atoms with Gasteiger partial charge in [-0.2, -0.15) is 0 Å². The Morgan fingerprint density at radius 2 is 1.65 bits per heavy atom. The number of unbranched alkanes of at least 4 members (excludes halogenated alkanes) is 1. The third kappa shape index (κ3) is 9.05. The van der Waals surface area contributed by atoms with Crippen molar-refractivity contribution in [3.63, 3.8) is 0 Å². The summed E-state index contributed by atoms with van der Waals surface area (Å²) in [6, 6.07) is 23.0. The first-order chi connectivity index (χ1) is 18.0. The fourth-order valence-corrected chi connectivity index (χ4v) is 4.06. The molecule has 0 radical (unpaired) electrons. The van der Waals surface area contributed by atoms with Crippen LogP contribution in [-0.4, -0.2) is 35.9 Å². The number of benzene rings is 3. The van der Waals surface area contributed by atoms with E-state index in [1.54, 1.807) is 18.2 Å². The number of carbonyl (C=O) groups is 2. The maximum absolute atomic E-state index is 14.6. The molecule has 1 unspecified atom stereocenters. The lowest BCUT2D eigenvalue weighted by atomic mass is 10.0. The van der Waals surface area contributed by atoms with Gasteiger partial charge in [0.2, 0.25) is 11.8 Å². The average molecular weight is 505 g/mol. The quantitative estimate of drug-likeness (QED) is 0.280. The first-order valence-corrected chi connectivity index (χ1v) is 13.0. The van der Waals surface area contributed by atoms with Gasteiger partial charge in [0, 0.05) is 31.5 Å². The van der Waals surface area contributed by atoms with Gasteiger partial charge < -0.3 is 15.0 Å². The van der Waals surface area contributed by atoms with Crippen molar-refractivity contribution in [3.8, 4) is 5.75 Å². The first kappa shape index (κ1) is 27.9. The van der Waals surface area contributed by atoms with Crippen LogP contribution in [0.15, 0.2) is 78.9 Å². The molecule has 3 aromatic carbocycles. The number of hydrogen-bond acceptors (Lipinski definition) is 3. The Bertz CT molecular complexity index is 1120. The summed E-state index contributed by atoms with van der Waals surface area (Å²) in [5.41, 5.74) is 2.46. The third-order valence-electron chi connectivity index (χ3n) is 6.22. The maximum atomic E-state index is 14.6. The molecule has 0 aliphatic rings. The predicted octanol–water partition coefficient (Wildman–Crippen LogP) is 5.85. The second-order valence-electron chi connectivity index (χ2n) is 9.23. The standard InChI is InChI=1S/C31H37FN2O3/c1-3-4-20-33-31(36)29(22-25-11-6-5-7-12-25)34(23-26-13-8-9-14-28(26)32)30(35)15-10-21-37-27-18-16-24(2)17-19-27/h5-9,11-14,16-19,29H,3-4,10,15,20-23H2,1-2H3,(H,33,36). The van der Waals surface area contributed by atoms with Crippen LogP contribution < -0.4 is 10.1 Å². The lowest BCUT2D eigenvalue weighted by Gasteiger charge is -2.32. The molecule has 0 heterocycles. The molecule has 1 atom stereocenters. The molecule has 3 rings (SSSR count). The van der Waals surface area contributed by atoms with E-state index in [-0.39, 0.29) is 24.8 Å². The van der Waals surface area contributed by atoms with Gasteiger partial charge in [0.05, 0.1) is 6.61 Å². The van der Waals surface area contributed by atoms with Crippen LogP contribution in [0.1, 0.15) is 49.3 Å². The van der Waals surface area contributed by atoms with Gasteiger partial charge in [-0.3, -0.25) is 9.59 Å². The molecule has 0 bridgehead atoms. The van der Waals surface area contributed by atoms with E-state index in [9.17, 15) is 14.0 Å². The summed E-state index contributed by atoms with van der Waals surface area (Å²) >= 11 is 0. The lowest BCUT2D eigenvalue weighted by Crippen LogP contribution is -2.50. The molecule has 3 aromatic rings. The van der Waals surface area contributed by atoms with E-state index in [1.165, 1.54) is 11.0 Å². The molecule has 0 saturated heterocycles. The largest absolute Gasteiger partial charge is 0.494 e. The van der Waals surface area contributed by atoms with E-state index in [2.05, 4.69) is 12.2 Å². The minimum absolute atomic E-state index is 0.0169. The highest BCUT2D eigenvalue weighted by atomic mass is 19.1. The van der Waals surface area contributed by atoms with Crippen molar-refractivity contribution in [1.82, 2.24) is 10.2 Å². The van der Waals surface area contributed by atoms with Crippen molar-refractivity contribution < 1.29 is 18.7 Å². The minimum atomic E-state index is -0.760. The summed E-state index contributed by atoms with van der Waals surface area (Å²) in [5, 5.41) is 2.98. The fourth-order valence-electron chi connectivity index (χ4n) is 4.06. The lowest BCUT2D eigenvalue weighted by molar-refractivity contribution is -0.141. The highest BCUT2D eigenvalue weighted by Gasteiger charge is 2.30. The van der Waals surface area contributed by atoms with Gasteiger partial charge in [-0.15, -0.1) is 0 Å². The molecule has 37 heavy (non-hydrogen) atoms.